The van der Waals surface area contributed by atoms with Gasteiger partial charge in [0.2, 0.25) is 0 Å². The minimum absolute atomic E-state index is 0.0876. The molecule has 0 radical (unpaired) electrons. The molecule has 6 heteroatoms. The van der Waals surface area contributed by atoms with Crippen molar-refractivity contribution in [2.24, 2.45) is 0 Å². The number of hydrogen-bond acceptors (Lipinski definition) is 2. The van der Waals surface area contributed by atoms with Crippen LogP contribution in [-0.2, 0) is 0 Å². The zero-order chi connectivity index (χ0) is 9.35. The van der Waals surface area contributed by atoms with Gasteiger partial charge in [0, 0.05) is 19.1 Å². The number of rotatable bonds is 1. The van der Waals surface area contributed by atoms with Crippen LogP contribution in [0.2, 0.25) is 0 Å². The molecular weight excluding hydrogens is 193 g/mol. The van der Waals surface area contributed by atoms with Gasteiger partial charge in [0.15, 0.2) is 0 Å². The first-order valence-corrected chi connectivity index (χ1v) is 3.82. The summed E-state index contributed by atoms with van der Waals surface area (Å²) in [4.78, 5) is 0. The van der Waals surface area contributed by atoms with E-state index in [9.17, 15) is 13.2 Å². The summed E-state index contributed by atoms with van der Waals surface area (Å²) in [5.41, 5.74) is 1.92. The van der Waals surface area contributed by atoms with E-state index in [0.717, 1.165) is 6.20 Å². The second-order valence-electron chi connectivity index (χ2n) is 2.53. The van der Waals surface area contributed by atoms with Gasteiger partial charge in [0.05, 0.1) is 11.6 Å². The topological polar surface area (TPSA) is 15.3 Å². The minimum atomic E-state index is -4.29. The molecule has 1 unspecified atom stereocenters. The molecule has 1 N–H and O–H groups in total. The van der Waals surface area contributed by atoms with Crippen LogP contribution in [0.5, 0.6) is 0 Å². The van der Waals surface area contributed by atoms with Crippen LogP contribution in [0.15, 0.2) is 11.8 Å². The number of halogens is 4. The molecule has 70 valence electrons. The molecular formula is C6H8ClF3N2. The van der Waals surface area contributed by atoms with E-state index in [-0.39, 0.29) is 5.88 Å². The molecule has 0 aliphatic carbocycles. The summed E-state index contributed by atoms with van der Waals surface area (Å²) in [6, 6.07) is -0.823. The maximum absolute atomic E-state index is 12.2. The molecule has 2 nitrogen and oxygen atoms in total. The molecule has 1 aliphatic rings. The zero-order valence-electron chi connectivity index (χ0n) is 6.32. The molecule has 0 aromatic carbocycles. The van der Waals surface area contributed by atoms with Crippen LogP contribution in [0.1, 0.15) is 0 Å². The third-order valence-electron chi connectivity index (χ3n) is 1.55. The lowest BCUT2D eigenvalue weighted by Gasteiger charge is -2.15. The van der Waals surface area contributed by atoms with Crippen LogP contribution in [0, 0.1) is 0 Å². The third-order valence-corrected chi connectivity index (χ3v) is 1.86. The lowest BCUT2D eigenvalue weighted by atomic mass is 10.1. The number of hydrogen-bond donors (Lipinski definition) is 1. The normalized spacial score (nSPS) is 24.6. The molecule has 1 rings (SSSR count). The maximum atomic E-state index is 12.2. The second kappa shape index (κ2) is 3.14. The molecule has 0 spiro atoms. The van der Waals surface area contributed by atoms with Crippen molar-refractivity contribution in [1.82, 2.24) is 10.4 Å². The molecule has 0 bridgehead atoms. The molecule has 0 saturated carbocycles. The molecule has 1 atom stereocenters. The first-order chi connectivity index (χ1) is 5.45. The van der Waals surface area contributed by atoms with E-state index < -0.39 is 17.8 Å². The maximum Gasteiger partial charge on any atom is 0.415 e. The van der Waals surface area contributed by atoms with Crippen molar-refractivity contribution in [3.63, 3.8) is 0 Å². The van der Waals surface area contributed by atoms with E-state index in [1.54, 1.807) is 0 Å². The monoisotopic (exact) mass is 200 g/mol. The van der Waals surface area contributed by atoms with Crippen molar-refractivity contribution in [1.29, 1.82) is 0 Å². The Bertz CT molecular complexity index is 201. The van der Waals surface area contributed by atoms with Crippen LogP contribution in [0.3, 0.4) is 0 Å². The van der Waals surface area contributed by atoms with E-state index in [1.807, 2.05) is 0 Å². The van der Waals surface area contributed by atoms with Crippen molar-refractivity contribution in [2.75, 3.05) is 12.9 Å². The third kappa shape index (κ3) is 1.84. The summed E-state index contributed by atoms with van der Waals surface area (Å²) in [6.45, 7) is 0. The number of hydrazine groups is 1. The average Bonchev–Trinajstić information content (AvgIpc) is 2.29. The van der Waals surface area contributed by atoms with Gasteiger partial charge in [-0.15, -0.1) is 11.6 Å². The smallest absolute Gasteiger partial charge is 0.318 e. The van der Waals surface area contributed by atoms with Gasteiger partial charge in [-0.25, -0.2) is 5.43 Å². The molecule has 0 aromatic rings. The number of nitrogens with zero attached hydrogens (tertiary/aromatic N) is 1. The summed E-state index contributed by atoms with van der Waals surface area (Å²) in [5.74, 6) is -0.0876. The van der Waals surface area contributed by atoms with Gasteiger partial charge in [-0.2, -0.15) is 13.2 Å². The van der Waals surface area contributed by atoms with E-state index in [1.165, 1.54) is 12.1 Å². The Hall–Kier alpha value is -0.420. The van der Waals surface area contributed by atoms with Gasteiger partial charge in [0.25, 0.3) is 0 Å². The predicted octanol–water partition coefficient (Wildman–Crippen LogP) is 1.49. The van der Waals surface area contributed by atoms with Gasteiger partial charge >= 0.3 is 6.18 Å². The highest BCUT2D eigenvalue weighted by atomic mass is 35.5. The first-order valence-electron chi connectivity index (χ1n) is 3.29. The van der Waals surface area contributed by atoms with Crippen LogP contribution in [0.25, 0.3) is 0 Å². The van der Waals surface area contributed by atoms with Crippen LogP contribution >= 0.6 is 11.6 Å². The van der Waals surface area contributed by atoms with Crippen LogP contribution < -0.4 is 5.43 Å². The van der Waals surface area contributed by atoms with E-state index in [4.69, 9.17) is 11.6 Å². The van der Waals surface area contributed by atoms with E-state index in [2.05, 4.69) is 5.43 Å². The largest absolute Gasteiger partial charge is 0.415 e. The van der Waals surface area contributed by atoms with Crippen LogP contribution in [0.4, 0.5) is 13.2 Å². The molecule has 1 aliphatic heterocycles. The van der Waals surface area contributed by atoms with E-state index >= 15 is 0 Å². The van der Waals surface area contributed by atoms with Gasteiger partial charge in [-0.1, -0.05) is 0 Å². The highest BCUT2D eigenvalue weighted by Crippen LogP contribution is 2.31. The Balaban J connectivity index is 2.80. The van der Waals surface area contributed by atoms with Crippen molar-refractivity contribution < 1.29 is 13.2 Å². The van der Waals surface area contributed by atoms with Gasteiger partial charge < -0.3 is 5.01 Å². The lowest BCUT2D eigenvalue weighted by molar-refractivity contribution is -0.0946. The van der Waals surface area contributed by atoms with Gasteiger partial charge in [-0.3, -0.25) is 0 Å². The van der Waals surface area contributed by atoms with Crippen LogP contribution in [-0.4, -0.2) is 30.2 Å². The number of alkyl halides is 4. The predicted molar refractivity (Wildman–Crippen MR) is 39.5 cm³/mol. The Labute approximate surface area is 72.9 Å². The van der Waals surface area contributed by atoms with Crippen molar-refractivity contribution in [3.05, 3.63) is 11.8 Å². The Morgan fingerprint density at radius 1 is 1.67 bits per heavy atom. The molecule has 12 heavy (non-hydrogen) atoms. The Morgan fingerprint density at radius 2 is 2.25 bits per heavy atom. The zero-order valence-corrected chi connectivity index (χ0v) is 7.08. The fraction of sp³-hybridized carbons (Fsp3) is 0.667. The molecule has 0 fully saturated rings. The number of nitrogens with one attached hydrogen (secondary N) is 1. The summed E-state index contributed by atoms with van der Waals surface area (Å²) in [6.07, 6.45) is -3.29. The Kier molecular flexibility index (Phi) is 2.53. The summed E-state index contributed by atoms with van der Waals surface area (Å²) < 4.78 is 36.5. The Morgan fingerprint density at radius 3 is 2.58 bits per heavy atom. The quantitative estimate of drug-likeness (QED) is 0.646. The standard InChI is InChI=1S/C6H8ClF3N2/c1-12-3-4(6(8,9)10)5(2-7)11-12/h3,5,11H,2H2,1H3. The first kappa shape index (κ1) is 9.67. The second-order valence-corrected chi connectivity index (χ2v) is 2.84. The minimum Gasteiger partial charge on any atom is -0.318 e. The highest BCUT2D eigenvalue weighted by molar-refractivity contribution is 6.18. The van der Waals surface area contributed by atoms with E-state index in [0.29, 0.717) is 0 Å². The van der Waals surface area contributed by atoms with Gasteiger partial charge in [-0.05, 0) is 0 Å². The summed E-state index contributed by atoms with van der Waals surface area (Å²) in [7, 11) is 1.50. The molecule has 0 amide bonds. The fourth-order valence-electron chi connectivity index (χ4n) is 1.04. The molecule has 0 saturated heterocycles. The SMILES string of the molecule is CN1C=C(C(F)(F)F)C(CCl)N1. The summed E-state index contributed by atoms with van der Waals surface area (Å²) >= 11 is 5.34. The molecule has 0 aromatic heterocycles. The van der Waals surface area contributed by atoms with Crippen molar-refractivity contribution >= 4 is 11.6 Å². The molecule has 1 heterocycles. The average molecular weight is 201 g/mol. The van der Waals surface area contributed by atoms with Crippen molar-refractivity contribution in [2.45, 2.75) is 12.2 Å². The highest BCUT2D eigenvalue weighted by Gasteiger charge is 2.41. The van der Waals surface area contributed by atoms with Gasteiger partial charge in [0.1, 0.15) is 0 Å². The fourth-order valence-corrected chi connectivity index (χ4v) is 1.27. The lowest BCUT2D eigenvalue weighted by Crippen LogP contribution is -2.37. The summed E-state index contributed by atoms with van der Waals surface area (Å²) in [5, 5.41) is 1.26. The van der Waals surface area contributed by atoms with Crippen molar-refractivity contribution in [3.8, 4) is 0 Å².